The highest BCUT2D eigenvalue weighted by Crippen LogP contribution is 2.19. The van der Waals surface area contributed by atoms with Crippen LogP contribution in [0.15, 0.2) is 48.5 Å². The van der Waals surface area contributed by atoms with E-state index in [1.165, 1.54) is 50.5 Å². The maximum absolute atomic E-state index is 5.83. The third-order valence-corrected chi connectivity index (χ3v) is 7.50. The first-order valence-corrected chi connectivity index (χ1v) is 18.6. The van der Waals surface area contributed by atoms with Gasteiger partial charge in [0.1, 0.15) is 24.7 Å². The van der Waals surface area contributed by atoms with Crippen molar-refractivity contribution in [3.8, 4) is 11.5 Å². The van der Waals surface area contributed by atoms with Gasteiger partial charge in [0.15, 0.2) is 0 Å². The average Bonchev–Trinajstić information content (AvgIpc) is 3.13. The van der Waals surface area contributed by atoms with Crippen LogP contribution in [0.25, 0.3) is 0 Å². The van der Waals surface area contributed by atoms with Gasteiger partial charge in [-0.2, -0.15) is 0 Å². The normalized spacial score (nSPS) is 11.3. The lowest BCUT2D eigenvalue weighted by atomic mass is 10.0. The smallest absolute Gasteiger partial charge is 0.142 e. The predicted molar refractivity (Wildman–Crippen MR) is 197 cm³/mol. The maximum atomic E-state index is 5.83. The topological polar surface area (TPSA) is 118 Å². The predicted octanol–water partition coefficient (Wildman–Crippen LogP) is 6.15. The molecule has 11 heteroatoms. The average molecular weight is 708 g/mol. The van der Waals surface area contributed by atoms with E-state index in [0.717, 1.165) is 12.2 Å². The van der Waals surface area contributed by atoms with Crippen LogP contribution in [-0.2, 0) is 44.3 Å². The van der Waals surface area contributed by atoms with Gasteiger partial charge in [0.2, 0.25) is 0 Å². The number of unbranched alkanes of at least 4 members (excludes halogenated alkanes) is 6. The van der Waals surface area contributed by atoms with Gasteiger partial charge in [-0.15, -0.1) is 0 Å². The zero-order valence-electron chi connectivity index (χ0n) is 30.7. The summed E-state index contributed by atoms with van der Waals surface area (Å²) in [5.74, 6) is 1.56. The Balaban J connectivity index is 1.20. The highest BCUT2D eigenvalue weighted by Gasteiger charge is 2.00. The Hall–Kier alpha value is -2.48. The molecule has 0 aliphatic carbocycles. The Morgan fingerprint density at radius 2 is 0.780 bits per heavy atom. The first-order chi connectivity index (χ1) is 24.8. The van der Waals surface area contributed by atoms with Crippen molar-refractivity contribution in [1.29, 1.82) is 0 Å². The number of nitrogens with two attached hydrogens (primary N) is 1. The van der Waals surface area contributed by atoms with Crippen molar-refractivity contribution >= 4 is 5.69 Å². The zero-order valence-corrected chi connectivity index (χ0v) is 30.7. The van der Waals surface area contributed by atoms with Crippen LogP contribution in [0.2, 0.25) is 0 Å². The van der Waals surface area contributed by atoms with Crippen molar-refractivity contribution in [2.75, 3.05) is 125 Å². The first-order valence-electron chi connectivity index (χ1n) is 18.6. The first kappa shape index (κ1) is 43.7. The Morgan fingerprint density at radius 3 is 1.22 bits per heavy atom. The molecule has 0 bridgehead atoms. The van der Waals surface area contributed by atoms with Crippen LogP contribution in [0.1, 0.15) is 57.4 Å². The van der Waals surface area contributed by atoms with Gasteiger partial charge in [-0.1, -0.05) is 69.7 Å². The number of para-hydroxylation sites is 2. The molecule has 2 aromatic rings. The molecular weight excluding hydrogens is 642 g/mol. The van der Waals surface area contributed by atoms with Crippen LogP contribution in [0, 0.1) is 0 Å². The molecule has 0 aromatic heterocycles. The third-order valence-electron chi connectivity index (χ3n) is 7.50. The molecule has 0 saturated carbocycles. The van der Waals surface area contributed by atoms with E-state index in [-0.39, 0.29) is 0 Å². The van der Waals surface area contributed by atoms with E-state index in [2.05, 4.69) is 31.2 Å². The SMILES string of the molecule is CCCCCCCCCc1ccc(OCCOCCOCCOCCOCCOCCOCCOCCOCCOc2ccccc2N)cc1. The third kappa shape index (κ3) is 26.3. The Kier molecular flexibility index (Phi) is 29.4. The lowest BCUT2D eigenvalue weighted by Gasteiger charge is -2.10. The fourth-order valence-corrected chi connectivity index (χ4v) is 4.72. The van der Waals surface area contributed by atoms with E-state index >= 15 is 0 Å². The maximum Gasteiger partial charge on any atom is 0.142 e. The number of aryl methyl sites for hydroxylation is 1. The van der Waals surface area contributed by atoms with Gasteiger partial charge in [-0.25, -0.2) is 0 Å². The van der Waals surface area contributed by atoms with Crippen molar-refractivity contribution in [2.45, 2.75) is 58.3 Å². The van der Waals surface area contributed by atoms with E-state index in [4.69, 9.17) is 53.1 Å². The second kappa shape index (κ2) is 33.7. The van der Waals surface area contributed by atoms with E-state index < -0.39 is 0 Å². The highest BCUT2D eigenvalue weighted by atomic mass is 16.6. The van der Waals surface area contributed by atoms with Gasteiger partial charge in [0.25, 0.3) is 0 Å². The van der Waals surface area contributed by atoms with Crippen molar-refractivity contribution < 1.29 is 47.4 Å². The summed E-state index contributed by atoms with van der Waals surface area (Å²) < 4.78 is 55.5. The molecule has 0 amide bonds. The van der Waals surface area contributed by atoms with Gasteiger partial charge >= 0.3 is 0 Å². The van der Waals surface area contributed by atoms with Crippen LogP contribution in [-0.4, -0.2) is 119 Å². The molecule has 286 valence electrons. The summed E-state index contributed by atoms with van der Waals surface area (Å²) in [6.45, 7) is 11.4. The van der Waals surface area contributed by atoms with Crippen LogP contribution >= 0.6 is 0 Å². The second-order valence-electron chi connectivity index (χ2n) is 11.6. The number of benzene rings is 2. The number of rotatable bonds is 37. The molecule has 2 rings (SSSR count). The van der Waals surface area contributed by atoms with Gasteiger partial charge in [0.05, 0.1) is 111 Å². The summed E-state index contributed by atoms with van der Waals surface area (Å²) in [7, 11) is 0. The molecule has 50 heavy (non-hydrogen) atoms. The standard InChI is InChI=1S/C39H65NO10/c1-2-3-4-5-6-7-8-11-36-14-16-37(17-15-36)49-34-32-47-30-28-45-26-24-43-22-20-41-18-19-42-21-23-44-25-27-46-29-31-48-33-35-50-39-13-10-9-12-38(39)40/h9-10,12-17H,2-8,11,18-35,40H2,1H3. The molecule has 0 fully saturated rings. The van der Waals surface area contributed by atoms with Crippen molar-refractivity contribution in [3.05, 3.63) is 54.1 Å². The molecule has 0 aliphatic heterocycles. The molecule has 0 aliphatic rings. The van der Waals surface area contributed by atoms with E-state index in [1.807, 2.05) is 18.2 Å². The molecule has 2 aromatic carbocycles. The fraction of sp³-hybridized carbons (Fsp3) is 0.692. The van der Waals surface area contributed by atoms with E-state index in [1.54, 1.807) is 6.07 Å². The molecule has 2 N–H and O–H groups in total. The summed E-state index contributed by atoms with van der Waals surface area (Å²) in [4.78, 5) is 0. The molecule has 0 saturated heterocycles. The van der Waals surface area contributed by atoms with Crippen molar-refractivity contribution in [2.24, 2.45) is 0 Å². The largest absolute Gasteiger partial charge is 0.491 e. The van der Waals surface area contributed by atoms with E-state index in [0.29, 0.717) is 130 Å². The van der Waals surface area contributed by atoms with Crippen LogP contribution in [0.4, 0.5) is 5.69 Å². The molecule has 0 atom stereocenters. The Morgan fingerprint density at radius 1 is 0.400 bits per heavy atom. The van der Waals surface area contributed by atoms with E-state index in [9.17, 15) is 0 Å². The lowest BCUT2D eigenvalue weighted by Crippen LogP contribution is -2.15. The quantitative estimate of drug-likeness (QED) is 0.0644. The summed E-state index contributed by atoms with van der Waals surface area (Å²) in [6, 6.07) is 15.8. The number of nitrogen functional groups attached to an aromatic ring is 1. The van der Waals surface area contributed by atoms with Gasteiger partial charge in [-0.05, 0) is 42.7 Å². The van der Waals surface area contributed by atoms with Gasteiger partial charge in [0, 0.05) is 0 Å². The second-order valence-corrected chi connectivity index (χ2v) is 11.6. The van der Waals surface area contributed by atoms with Crippen LogP contribution < -0.4 is 15.2 Å². The minimum atomic E-state index is 0.441. The monoisotopic (exact) mass is 707 g/mol. The minimum absolute atomic E-state index is 0.441. The summed E-state index contributed by atoms with van der Waals surface area (Å²) >= 11 is 0. The lowest BCUT2D eigenvalue weighted by molar-refractivity contribution is -0.0241. The van der Waals surface area contributed by atoms with Gasteiger partial charge in [-0.3, -0.25) is 0 Å². The van der Waals surface area contributed by atoms with Crippen LogP contribution in [0.3, 0.4) is 0 Å². The zero-order chi connectivity index (χ0) is 35.4. The Labute approximate surface area is 301 Å². The number of hydrogen-bond donors (Lipinski definition) is 1. The summed E-state index contributed by atoms with van der Waals surface area (Å²) in [5, 5.41) is 0. The number of anilines is 1. The molecule has 0 radical (unpaired) electrons. The summed E-state index contributed by atoms with van der Waals surface area (Å²) in [5.41, 5.74) is 7.83. The minimum Gasteiger partial charge on any atom is -0.491 e. The highest BCUT2D eigenvalue weighted by molar-refractivity contribution is 5.51. The molecule has 11 nitrogen and oxygen atoms in total. The van der Waals surface area contributed by atoms with Crippen LogP contribution in [0.5, 0.6) is 11.5 Å². The number of hydrogen-bond acceptors (Lipinski definition) is 11. The molecule has 0 unspecified atom stereocenters. The van der Waals surface area contributed by atoms with Crippen molar-refractivity contribution in [1.82, 2.24) is 0 Å². The van der Waals surface area contributed by atoms with Gasteiger partial charge < -0.3 is 53.1 Å². The number of ether oxygens (including phenoxy) is 10. The summed E-state index contributed by atoms with van der Waals surface area (Å²) in [6.07, 6.45) is 10.5. The van der Waals surface area contributed by atoms with Crippen molar-refractivity contribution in [3.63, 3.8) is 0 Å². The molecule has 0 heterocycles. The Bertz CT molecular complexity index is 997. The molecule has 0 spiro atoms. The molecular formula is C39H65NO10. The fourth-order valence-electron chi connectivity index (χ4n) is 4.72.